The van der Waals surface area contributed by atoms with Gasteiger partial charge in [-0.3, -0.25) is 4.79 Å². The summed E-state index contributed by atoms with van der Waals surface area (Å²) in [6, 6.07) is 13.8. The standard InChI is InChI=1S/C35H33F5O4/c1-32-19-28(22-8-4-20(5-9-22)2-3-21-6-10-23(11-7-21)31(42)43)30-26-15-13-25(41)18-24(26)12-14-27(30)29(32)16-17-33(32,44)34(36,37)35(38,39)40/h2-11,18,27-29,44H,12-17,19H2,1H3,(H,42,43)/b3-2+/t27-,28+,29-,32-,33-/m0/s1. The van der Waals surface area contributed by atoms with Crippen molar-refractivity contribution in [1.29, 1.82) is 0 Å². The van der Waals surface area contributed by atoms with E-state index >= 15 is 8.78 Å². The molecule has 2 aromatic rings. The molecule has 0 aliphatic heterocycles. The Morgan fingerprint density at radius 2 is 1.52 bits per heavy atom. The summed E-state index contributed by atoms with van der Waals surface area (Å²) in [6.07, 6.45) is 0.739. The Morgan fingerprint density at radius 1 is 0.909 bits per heavy atom. The van der Waals surface area contributed by atoms with Crippen LogP contribution in [0.4, 0.5) is 22.0 Å². The van der Waals surface area contributed by atoms with Gasteiger partial charge in [0.1, 0.15) is 5.60 Å². The Bertz CT molecular complexity index is 1580. The number of hydrogen-bond donors (Lipinski definition) is 2. The van der Waals surface area contributed by atoms with Crippen molar-refractivity contribution in [1.82, 2.24) is 0 Å². The summed E-state index contributed by atoms with van der Waals surface area (Å²) in [5, 5.41) is 20.5. The third-order valence-electron chi connectivity index (χ3n) is 10.7. The van der Waals surface area contributed by atoms with Crippen LogP contribution in [-0.4, -0.2) is 39.7 Å². The average Bonchev–Trinajstić information content (AvgIpc) is 3.26. The second-order valence-electron chi connectivity index (χ2n) is 12.9. The number of rotatable bonds is 5. The number of carbonyl (C=O) groups excluding carboxylic acids is 1. The van der Waals surface area contributed by atoms with Crippen LogP contribution < -0.4 is 0 Å². The average molecular weight is 613 g/mol. The molecule has 0 unspecified atom stereocenters. The van der Waals surface area contributed by atoms with Gasteiger partial charge in [-0.25, -0.2) is 4.79 Å². The molecular weight excluding hydrogens is 579 g/mol. The van der Waals surface area contributed by atoms with Crippen LogP contribution in [0.2, 0.25) is 0 Å². The number of carboxylic acid groups (broad SMARTS) is 1. The largest absolute Gasteiger partial charge is 0.478 e. The van der Waals surface area contributed by atoms with Crippen molar-refractivity contribution in [2.75, 3.05) is 0 Å². The molecule has 6 rings (SSSR count). The number of fused-ring (bicyclic) bond motifs is 4. The van der Waals surface area contributed by atoms with Crippen molar-refractivity contribution in [3.05, 3.63) is 93.6 Å². The van der Waals surface area contributed by atoms with Crippen molar-refractivity contribution in [3.8, 4) is 0 Å². The van der Waals surface area contributed by atoms with Gasteiger partial charge in [-0.1, -0.05) is 61.0 Å². The van der Waals surface area contributed by atoms with Crippen molar-refractivity contribution in [2.45, 2.75) is 75.5 Å². The zero-order valence-corrected chi connectivity index (χ0v) is 24.1. The number of alkyl halides is 5. The lowest BCUT2D eigenvalue weighted by atomic mass is 9.50. The lowest BCUT2D eigenvalue weighted by molar-refractivity contribution is -0.362. The van der Waals surface area contributed by atoms with Crippen molar-refractivity contribution < 1.29 is 41.8 Å². The van der Waals surface area contributed by atoms with Gasteiger partial charge >= 0.3 is 18.1 Å². The fraction of sp³-hybridized carbons (Fsp3) is 0.429. The first kappa shape index (κ1) is 30.4. The predicted octanol–water partition coefficient (Wildman–Crippen LogP) is 8.38. The zero-order valence-electron chi connectivity index (χ0n) is 24.1. The summed E-state index contributed by atoms with van der Waals surface area (Å²) in [5.74, 6) is -7.57. The molecule has 4 aliphatic carbocycles. The Kier molecular flexibility index (Phi) is 7.26. The van der Waals surface area contributed by atoms with Gasteiger partial charge in [-0.2, -0.15) is 22.0 Å². The summed E-state index contributed by atoms with van der Waals surface area (Å²) in [5.41, 5.74) is 0.601. The van der Waals surface area contributed by atoms with E-state index < -0.39 is 47.3 Å². The highest BCUT2D eigenvalue weighted by atomic mass is 19.4. The lowest BCUT2D eigenvalue weighted by Gasteiger charge is -2.56. The number of carbonyl (C=O) groups is 2. The van der Waals surface area contributed by atoms with Crippen molar-refractivity contribution in [3.63, 3.8) is 0 Å². The smallest absolute Gasteiger partial charge is 0.456 e. The number of ketones is 1. The minimum Gasteiger partial charge on any atom is -0.478 e. The van der Waals surface area contributed by atoms with Gasteiger partial charge in [0.05, 0.1) is 5.56 Å². The van der Waals surface area contributed by atoms with E-state index in [0.717, 1.165) is 33.4 Å². The fourth-order valence-electron chi connectivity index (χ4n) is 8.48. The number of carboxylic acids is 1. The molecule has 0 heterocycles. The van der Waals surface area contributed by atoms with E-state index in [1.54, 1.807) is 18.2 Å². The maximum absolute atomic E-state index is 15.2. The Morgan fingerprint density at radius 3 is 2.11 bits per heavy atom. The molecule has 0 spiro atoms. The van der Waals surface area contributed by atoms with Crippen molar-refractivity contribution >= 4 is 23.9 Å². The molecule has 0 aromatic heterocycles. The van der Waals surface area contributed by atoms with E-state index in [1.165, 1.54) is 19.1 Å². The normalized spacial score (nSPS) is 30.6. The van der Waals surface area contributed by atoms with Gasteiger partial charge in [0.25, 0.3) is 0 Å². The summed E-state index contributed by atoms with van der Waals surface area (Å²) in [4.78, 5) is 23.3. The first-order valence-electron chi connectivity index (χ1n) is 14.9. The first-order chi connectivity index (χ1) is 20.7. The second kappa shape index (κ2) is 10.5. The molecule has 44 heavy (non-hydrogen) atoms. The van der Waals surface area contributed by atoms with Gasteiger partial charge in [-0.15, -0.1) is 0 Å². The van der Waals surface area contributed by atoms with Crippen LogP contribution in [0.5, 0.6) is 0 Å². The molecule has 0 amide bonds. The van der Waals surface area contributed by atoms with Gasteiger partial charge in [0, 0.05) is 17.8 Å². The van der Waals surface area contributed by atoms with Crippen LogP contribution in [0.15, 0.2) is 71.3 Å². The number of halogens is 5. The third kappa shape index (κ3) is 4.66. The Hall–Kier alpha value is -3.59. The van der Waals surface area contributed by atoms with Gasteiger partial charge in [0.15, 0.2) is 5.78 Å². The van der Waals surface area contributed by atoms with E-state index in [9.17, 15) is 27.9 Å². The molecule has 4 aliphatic rings. The maximum Gasteiger partial charge on any atom is 0.456 e. The fourth-order valence-corrected chi connectivity index (χ4v) is 8.48. The van der Waals surface area contributed by atoms with Crippen LogP contribution in [-0.2, 0) is 4.79 Å². The molecule has 0 radical (unpaired) electrons. The van der Waals surface area contributed by atoms with E-state index in [4.69, 9.17) is 5.11 Å². The molecule has 2 fully saturated rings. The van der Waals surface area contributed by atoms with Gasteiger partial charge in [0.2, 0.25) is 0 Å². The van der Waals surface area contributed by atoms with Crippen molar-refractivity contribution in [2.24, 2.45) is 17.3 Å². The highest BCUT2D eigenvalue weighted by Crippen LogP contribution is 2.70. The molecule has 2 aromatic carbocycles. The van der Waals surface area contributed by atoms with E-state index in [2.05, 4.69) is 0 Å². The quantitative estimate of drug-likeness (QED) is 0.263. The molecule has 5 atom stereocenters. The van der Waals surface area contributed by atoms with Crippen LogP contribution >= 0.6 is 0 Å². The highest BCUT2D eigenvalue weighted by molar-refractivity contribution is 5.93. The first-order valence-corrected chi connectivity index (χ1v) is 14.9. The number of hydrogen-bond acceptors (Lipinski definition) is 3. The molecule has 0 bridgehead atoms. The lowest BCUT2D eigenvalue weighted by Crippen LogP contribution is -2.65. The monoisotopic (exact) mass is 612 g/mol. The molecule has 232 valence electrons. The predicted molar refractivity (Wildman–Crippen MR) is 155 cm³/mol. The van der Waals surface area contributed by atoms with Gasteiger partial charge < -0.3 is 10.2 Å². The molecular formula is C35H33F5O4. The van der Waals surface area contributed by atoms with Gasteiger partial charge in [-0.05, 0) is 96.4 Å². The second-order valence-corrected chi connectivity index (χ2v) is 12.9. The summed E-state index contributed by atoms with van der Waals surface area (Å²) in [7, 11) is 0. The molecule has 9 heteroatoms. The Balaban J connectivity index is 1.39. The topological polar surface area (TPSA) is 74.6 Å². The highest BCUT2D eigenvalue weighted by Gasteiger charge is 2.79. The number of allylic oxidation sites excluding steroid dienone is 4. The molecule has 2 N–H and O–H groups in total. The summed E-state index contributed by atoms with van der Waals surface area (Å²) in [6.45, 7) is 1.42. The zero-order chi connectivity index (χ0) is 31.7. The van der Waals surface area contributed by atoms with Crippen LogP contribution in [0.1, 0.15) is 84.8 Å². The van der Waals surface area contributed by atoms with E-state index in [0.29, 0.717) is 25.7 Å². The Labute approximate surface area is 252 Å². The molecule has 0 saturated heterocycles. The number of benzene rings is 2. The van der Waals surface area contributed by atoms with E-state index in [-0.39, 0.29) is 30.1 Å². The summed E-state index contributed by atoms with van der Waals surface area (Å²) < 4.78 is 71.7. The SMILES string of the molecule is C[C@]12C[C@H](c3ccc(/C=C/c4ccc(C(=O)O)cc4)cc3)C3=C4CCC(=O)C=C4CC[C@H]3[C@@H]1CC[C@@]2(O)C(F)(F)C(F)(F)F. The number of aromatic carboxylic acids is 1. The number of aliphatic hydroxyl groups is 1. The maximum atomic E-state index is 15.2. The van der Waals surface area contributed by atoms with Crippen LogP contribution in [0.25, 0.3) is 12.2 Å². The van der Waals surface area contributed by atoms with Crippen LogP contribution in [0, 0.1) is 17.3 Å². The third-order valence-corrected chi connectivity index (χ3v) is 10.7. The van der Waals surface area contributed by atoms with E-state index in [1.807, 2.05) is 36.4 Å². The summed E-state index contributed by atoms with van der Waals surface area (Å²) >= 11 is 0. The molecule has 4 nitrogen and oxygen atoms in total. The molecule has 2 saturated carbocycles. The minimum atomic E-state index is -5.89. The minimum absolute atomic E-state index is 0.0359. The van der Waals surface area contributed by atoms with Crippen LogP contribution in [0.3, 0.4) is 0 Å².